The van der Waals surface area contributed by atoms with E-state index in [9.17, 15) is 0 Å². The zero-order valence-corrected chi connectivity index (χ0v) is 7.80. The van der Waals surface area contributed by atoms with Crippen molar-refractivity contribution in [1.29, 1.82) is 0 Å². The Morgan fingerprint density at radius 1 is 1.23 bits per heavy atom. The molecular weight excluding hydrogens is 229 g/mol. The van der Waals surface area contributed by atoms with E-state index in [0.29, 0.717) is 11.4 Å². The molecule has 0 radical (unpaired) electrons. The molecule has 0 aliphatic rings. The SMILES string of the molecule is CC(=N\O)/C(C)=N/O.O=[N+]([O-])O.[Ni]. The molecule has 0 bridgehead atoms. The van der Waals surface area contributed by atoms with Gasteiger partial charge in [0.15, 0.2) is 0 Å². The molecule has 0 aromatic heterocycles. The summed E-state index contributed by atoms with van der Waals surface area (Å²) < 4.78 is 0. The van der Waals surface area contributed by atoms with E-state index in [-0.39, 0.29) is 16.5 Å². The van der Waals surface area contributed by atoms with E-state index >= 15 is 0 Å². The Labute approximate surface area is 83.6 Å². The van der Waals surface area contributed by atoms with Gasteiger partial charge in [-0.1, -0.05) is 10.3 Å². The molecule has 0 aromatic carbocycles. The van der Waals surface area contributed by atoms with E-state index in [4.69, 9.17) is 25.7 Å². The van der Waals surface area contributed by atoms with Crippen molar-refractivity contribution in [3.05, 3.63) is 10.1 Å². The van der Waals surface area contributed by atoms with Crippen LogP contribution in [-0.2, 0) is 16.5 Å². The van der Waals surface area contributed by atoms with Crippen molar-refractivity contribution < 1.29 is 37.2 Å². The number of nitrogens with zero attached hydrogens (tertiary/aromatic N) is 3. The van der Waals surface area contributed by atoms with Gasteiger partial charge in [0.25, 0.3) is 5.09 Å². The van der Waals surface area contributed by atoms with Crippen molar-refractivity contribution in [2.24, 2.45) is 10.3 Å². The van der Waals surface area contributed by atoms with E-state index < -0.39 is 5.09 Å². The molecule has 0 atom stereocenters. The maximum absolute atomic E-state index is 8.36. The molecule has 13 heavy (non-hydrogen) atoms. The third-order valence-electron chi connectivity index (χ3n) is 0.824. The van der Waals surface area contributed by atoms with Gasteiger partial charge in [0.2, 0.25) is 0 Å². The van der Waals surface area contributed by atoms with Crippen LogP contribution in [0.3, 0.4) is 0 Å². The summed E-state index contributed by atoms with van der Waals surface area (Å²) in [6.45, 7) is 3.07. The Balaban J connectivity index is -0.000000173. The van der Waals surface area contributed by atoms with E-state index in [2.05, 4.69) is 10.3 Å². The van der Waals surface area contributed by atoms with Gasteiger partial charge in [-0.15, -0.1) is 10.1 Å². The smallest absolute Gasteiger partial charge is 0.291 e. The Kier molecular flexibility index (Phi) is 14.4. The van der Waals surface area contributed by atoms with Crippen molar-refractivity contribution in [3.8, 4) is 0 Å². The van der Waals surface area contributed by atoms with E-state index in [1.54, 1.807) is 0 Å². The van der Waals surface area contributed by atoms with Crippen molar-refractivity contribution in [3.63, 3.8) is 0 Å². The van der Waals surface area contributed by atoms with Crippen LogP contribution in [0.4, 0.5) is 0 Å². The summed E-state index contributed by atoms with van der Waals surface area (Å²) in [4.78, 5) is 8.36. The maximum Gasteiger partial charge on any atom is 0.291 e. The van der Waals surface area contributed by atoms with Gasteiger partial charge in [-0.05, 0) is 13.8 Å². The minimum absolute atomic E-state index is 0. The largest absolute Gasteiger partial charge is 0.411 e. The molecule has 0 saturated heterocycles. The topological polar surface area (TPSA) is 129 Å². The average molecular weight is 238 g/mol. The van der Waals surface area contributed by atoms with Crippen LogP contribution < -0.4 is 0 Å². The average Bonchev–Trinajstić information content (AvgIpc) is 2.00. The normalized spacial score (nSPS) is 10.6. The van der Waals surface area contributed by atoms with E-state index in [0.717, 1.165) is 0 Å². The molecule has 0 spiro atoms. The molecule has 0 amide bonds. The first kappa shape index (κ1) is 17.6. The fourth-order valence-corrected chi connectivity index (χ4v) is 0.145. The summed E-state index contributed by atoms with van der Waals surface area (Å²) >= 11 is 0. The molecule has 0 aliphatic heterocycles. The number of rotatable bonds is 1. The van der Waals surface area contributed by atoms with Crippen LogP contribution in [0, 0.1) is 10.1 Å². The molecule has 0 saturated carbocycles. The molecule has 80 valence electrons. The second kappa shape index (κ2) is 10.6. The predicted molar refractivity (Wildman–Crippen MR) is 38.6 cm³/mol. The maximum atomic E-state index is 8.36. The first-order valence-corrected chi connectivity index (χ1v) is 2.66. The Hall–Kier alpha value is -1.37. The zero-order chi connectivity index (χ0) is 10.1. The van der Waals surface area contributed by atoms with Crippen LogP contribution in [0.1, 0.15) is 13.8 Å². The molecule has 0 aliphatic carbocycles. The van der Waals surface area contributed by atoms with Crippen LogP contribution >= 0.6 is 0 Å². The summed E-state index contributed by atoms with van der Waals surface area (Å²) in [5.41, 5.74) is 0.625. The number of oxime groups is 2. The van der Waals surface area contributed by atoms with E-state index in [1.165, 1.54) is 13.8 Å². The molecule has 0 heterocycles. The molecule has 0 unspecified atom stereocenters. The van der Waals surface area contributed by atoms with Gasteiger partial charge in [-0.25, -0.2) is 0 Å². The zero-order valence-electron chi connectivity index (χ0n) is 6.82. The molecule has 3 N–H and O–H groups in total. The first-order valence-electron chi connectivity index (χ1n) is 2.66. The first-order chi connectivity index (χ1) is 5.45. The molecule has 0 rings (SSSR count). The van der Waals surface area contributed by atoms with Gasteiger partial charge < -0.3 is 15.6 Å². The molecule has 8 nitrogen and oxygen atoms in total. The number of hydrogen-bond acceptors (Lipinski definition) is 6. The fraction of sp³-hybridized carbons (Fsp3) is 0.500. The quantitative estimate of drug-likeness (QED) is 0.199. The van der Waals surface area contributed by atoms with Gasteiger partial charge in [-0.2, -0.15) is 0 Å². The summed E-state index contributed by atoms with van der Waals surface area (Å²) in [7, 11) is 0. The van der Waals surface area contributed by atoms with Gasteiger partial charge in [0.05, 0.1) is 0 Å². The Morgan fingerprint density at radius 3 is 1.46 bits per heavy atom. The summed E-state index contributed by atoms with van der Waals surface area (Å²) in [5, 5.41) is 35.3. The fourth-order valence-electron chi connectivity index (χ4n) is 0.145. The number of hydrogen-bond donors (Lipinski definition) is 3. The monoisotopic (exact) mass is 237 g/mol. The van der Waals surface area contributed by atoms with Gasteiger partial charge >= 0.3 is 0 Å². The summed E-state index contributed by atoms with van der Waals surface area (Å²) in [6, 6.07) is 0. The van der Waals surface area contributed by atoms with Gasteiger partial charge in [0, 0.05) is 16.5 Å². The second-order valence-corrected chi connectivity index (χ2v) is 1.61. The molecular formula is C4H9N3NiO5. The molecule has 0 fully saturated rings. The summed E-state index contributed by atoms with van der Waals surface area (Å²) in [5.74, 6) is 0. The van der Waals surface area contributed by atoms with Gasteiger partial charge in [-0.3, -0.25) is 0 Å². The van der Waals surface area contributed by atoms with Crippen molar-refractivity contribution in [2.75, 3.05) is 0 Å². The second-order valence-electron chi connectivity index (χ2n) is 1.61. The van der Waals surface area contributed by atoms with Crippen molar-refractivity contribution in [2.45, 2.75) is 13.8 Å². The Morgan fingerprint density at radius 2 is 1.38 bits per heavy atom. The summed E-state index contributed by atoms with van der Waals surface area (Å²) in [6.07, 6.45) is 0. The van der Waals surface area contributed by atoms with Gasteiger partial charge in [0.1, 0.15) is 11.4 Å². The minimum Gasteiger partial charge on any atom is -0.411 e. The minimum atomic E-state index is -1.50. The van der Waals surface area contributed by atoms with Crippen molar-refractivity contribution >= 4 is 11.4 Å². The van der Waals surface area contributed by atoms with Crippen LogP contribution in [-0.4, -0.2) is 32.1 Å². The van der Waals surface area contributed by atoms with Crippen LogP contribution in [0.5, 0.6) is 0 Å². The molecule has 9 heteroatoms. The Bertz CT molecular complexity index is 184. The standard InChI is InChI=1S/C4H8N2O2.HNO3.Ni/c1-3(5-7)4(2)6-8;2-1(3)4;/h7-8H,1-2H3;(H,2,3,4);/b5-3+,6-4+;;. The third-order valence-corrected chi connectivity index (χ3v) is 0.824. The molecule has 0 aromatic rings. The predicted octanol–water partition coefficient (Wildman–Crippen LogP) is 0.336. The van der Waals surface area contributed by atoms with Crippen molar-refractivity contribution in [1.82, 2.24) is 0 Å². The van der Waals surface area contributed by atoms with Crippen LogP contribution in [0.2, 0.25) is 0 Å². The third kappa shape index (κ3) is 18.0. The van der Waals surface area contributed by atoms with E-state index in [1.807, 2.05) is 0 Å². The van der Waals surface area contributed by atoms with Crippen LogP contribution in [0.25, 0.3) is 0 Å². The van der Waals surface area contributed by atoms with Crippen LogP contribution in [0.15, 0.2) is 10.3 Å².